The minimum Gasteiger partial charge on any atom is -0.507 e. The Morgan fingerprint density at radius 3 is 2.42 bits per heavy atom. The first-order valence-corrected chi connectivity index (χ1v) is 9.18. The molecule has 24 heavy (non-hydrogen) atoms. The Bertz CT molecular complexity index is 716. The van der Waals surface area contributed by atoms with Crippen LogP contribution in [0.1, 0.15) is 44.2 Å². The van der Waals surface area contributed by atoms with Gasteiger partial charge in [0.2, 0.25) is 0 Å². The molecule has 1 aromatic carbocycles. The highest BCUT2D eigenvalue weighted by Gasteiger charge is 2.50. The van der Waals surface area contributed by atoms with Crippen molar-refractivity contribution in [1.29, 1.82) is 0 Å². The minimum absolute atomic E-state index is 0.231. The zero-order valence-corrected chi connectivity index (χ0v) is 13.9. The molecule has 6 rings (SSSR count). The zero-order chi connectivity index (χ0) is 16.1. The van der Waals surface area contributed by atoms with Gasteiger partial charge in [-0.2, -0.15) is 0 Å². The molecule has 4 aliphatic carbocycles. The van der Waals surface area contributed by atoms with E-state index in [1.54, 1.807) is 6.07 Å². The summed E-state index contributed by atoms with van der Waals surface area (Å²) in [6, 6.07) is 9.18. The molecule has 1 heterocycles. The van der Waals surface area contributed by atoms with E-state index >= 15 is 0 Å². The fourth-order valence-corrected chi connectivity index (χ4v) is 5.81. The van der Waals surface area contributed by atoms with Gasteiger partial charge in [-0.05, 0) is 68.4 Å². The van der Waals surface area contributed by atoms with Crippen molar-refractivity contribution >= 4 is 0 Å². The Kier molecular flexibility index (Phi) is 3.24. The number of benzene rings is 1. The van der Waals surface area contributed by atoms with Crippen LogP contribution >= 0.6 is 0 Å². The van der Waals surface area contributed by atoms with Gasteiger partial charge in [0.1, 0.15) is 5.75 Å². The molecule has 4 bridgehead atoms. The van der Waals surface area contributed by atoms with Crippen LogP contribution in [0.25, 0.3) is 11.3 Å². The summed E-state index contributed by atoms with van der Waals surface area (Å²) in [4.78, 5) is 0. The third-order valence-electron chi connectivity index (χ3n) is 6.41. The molecule has 4 aliphatic rings. The van der Waals surface area contributed by atoms with Crippen LogP contribution in [-0.4, -0.2) is 15.8 Å². The topological polar surface area (TPSA) is 58.3 Å². The zero-order valence-electron chi connectivity index (χ0n) is 13.9. The van der Waals surface area contributed by atoms with E-state index in [4.69, 9.17) is 4.52 Å². The summed E-state index contributed by atoms with van der Waals surface area (Å²) in [6.07, 6.45) is 8.39. The predicted molar refractivity (Wildman–Crippen MR) is 91.3 cm³/mol. The number of rotatable bonds is 4. The van der Waals surface area contributed by atoms with E-state index in [1.807, 2.05) is 24.3 Å². The monoisotopic (exact) mass is 324 g/mol. The van der Waals surface area contributed by atoms with Crippen LogP contribution in [0.2, 0.25) is 0 Å². The van der Waals surface area contributed by atoms with Gasteiger partial charge in [0, 0.05) is 18.2 Å². The average molecular weight is 324 g/mol. The van der Waals surface area contributed by atoms with Crippen molar-refractivity contribution in [3.8, 4) is 17.1 Å². The second-order valence-electron chi connectivity index (χ2n) is 8.25. The second kappa shape index (κ2) is 5.35. The summed E-state index contributed by atoms with van der Waals surface area (Å²) in [5.74, 6) is 3.69. The van der Waals surface area contributed by atoms with Crippen LogP contribution in [0.3, 0.4) is 0 Å². The number of hydrogen-bond acceptors (Lipinski definition) is 4. The van der Waals surface area contributed by atoms with Crippen molar-refractivity contribution in [3.05, 3.63) is 36.0 Å². The van der Waals surface area contributed by atoms with Crippen molar-refractivity contribution in [2.45, 2.75) is 50.6 Å². The standard InChI is InChI=1S/C20H24N2O2/c23-18-4-2-1-3-17(18)19-8-16(22-24-19)12-21-20-9-13-5-14(10-20)7-15(6-13)11-20/h1-4,8,13-15,21,23H,5-7,9-12H2. The third kappa shape index (κ3) is 2.44. The lowest BCUT2D eigenvalue weighted by molar-refractivity contribution is -0.0208. The predicted octanol–water partition coefficient (Wildman–Crippen LogP) is 4.11. The molecule has 4 saturated carbocycles. The van der Waals surface area contributed by atoms with Crippen molar-refractivity contribution in [1.82, 2.24) is 10.5 Å². The van der Waals surface area contributed by atoms with Gasteiger partial charge in [-0.15, -0.1) is 0 Å². The maximum absolute atomic E-state index is 9.95. The molecule has 2 aromatic rings. The lowest BCUT2D eigenvalue weighted by Gasteiger charge is -2.57. The Morgan fingerprint density at radius 1 is 1.08 bits per heavy atom. The summed E-state index contributed by atoms with van der Waals surface area (Å²) in [5, 5.41) is 18.0. The van der Waals surface area contributed by atoms with Gasteiger partial charge >= 0.3 is 0 Å². The van der Waals surface area contributed by atoms with Crippen LogP contribution in [0, 0.1) is 17.8 Å². The molecule has 0 spiro atoms. The molecule has 1 aromatic heterocycles. The number of phenols is 1. The average Bonchev–Trinajstić information content (AvgIpc) is 3.01. The molecular weight excluding hydrogens is 300 g/mol. The largest absolute Gasteiger partial charge is 0.507 e. The molecule has 4 fully saturated rings. The Labute approximate surface area is 142 Å². The van der Waals surface area contributed by atoms with E-state index in [-0.39, 0.29) is 5.75 Å². The third-order valence-corrected chi connectivity index (χ3v) is 6.41. The molecule has 0 amide bonds. The number of aromatic hydroxyl groups is 1. The first kappa shape index (κ1) is 14.5. The second-order valence-corrected chi connectivity index (χ2v) is 8.25. The summed E-state index contributed by atoms with van der Waals surface area (Å²) in [6.45, 7) is 0.753. The fourth-order valence-electron chi connectivity index (χ4n) is 5.81. The van der Waals surface area contributed by atoms with E-state index in [9.17, 15) is 5.11 Å². The van der Waals surface area contributed by atoms with Gasteiger partial charge in [-0.25, -0.2) is 0 Å². The molecule has 0 aliphatic heterocycles. The maximum atomic E-state index is 9.95. The lowest BCUT2D eigenvalue weighted by Crippen LogP contribution is -2.58. The van der Waals surface area contributed by atoms with Gasteiger partial charge in [0.15, 0.2) is 5.76 Å². The summed E-state index contributed by atoms with van der Waals surface area (Å²) in [5.41, 5.74) is 1.96. The van der Waals surface area contributed by atoms with Gasteiger partial charge in [0.25, 0.3) is 0 Å². The van der Waals surface area contributed by atoms with E-state index in [0.29, 0.717) is 16.9 Å². The molecule has 0 unspecified atom stereocenters. The quantitative estimate of drug-likeness (QED) is 0.889. The van der Waals surface area contributed by atoms with E-state index in [1.165, 1.54) is 38.5 Å². The number of aromatic nitrogens is 1. The first-order chi connectivity index (χ1) is 11.7. The number of phenolic OH excluding ortho intramolecular Hbond substituents is 1. The van der Waals surface area contributed by atoms with Gasteiger partial charge < -0.3 is 14.9 Å². The highest BCUT2D eigenvalue weighted by atomic mass is 16.5. The number of para-hydroxylation sites is 1. The molecule has 126 valence electrons. The van der Waals surface area contributed by atoms with Crippen molar-refractivity contribution in [3.63, 3.8) is 0 Å². The fraction of sp³-hybridized carbons (Fsp3) is 0.550. The maximum Gasteiger partial charge on any atom is 0.170 e. The Morgan fingerprint density at radius 2 is 1.75 bits per heavy atom. The highest BCUT2D eigenvalue weighted by Crippen LogP contribution is 2.55. The number of hydrogen-bond donors (Lipinski definition) is 2. The summed E-state index contributed by atoms with van der Waals surface area (Å²) >= 11 is 0. The van der Waals surface area contributed by atoms with Crippen molar-refractivity contribution in [2.75, 3.05) is 0 Å². The van der Waals surface area contributed by atoms with E-state index < -0.39 is 0 Å². The number of nitrogens with zero attached hydrogens (tertiary/aromatic N) is 1. The van der Waals surface area contributed by atoms with Gasteiger partial charge in [-0.3, -0.25) is 0 Å². The van der Waals surface area contributed by atoms with Crippen LogP contribution < -0.4 is 5.32 Å². The molecule has 2 N–H and O–H groups in total. The smallest absolute Gasteiger partial charge is 0.170 e. The molecule has 0 atom stereocenters. The Hall–Kier alpha value is -1.81. The minimum atomic E-state index is 0.231. The van der Waals surface area contributed by atoms with Crippen LogP contribution in [0.4, 0.5) is 0 Å². The molecule has 0 radical (unpaired) electrons. The lowest BCUT2D eigenvalue weighted by atomic mass is 9.53. The van der Waals surface area contributed by atoms with Gasteiger partial charge in [-0.1, -0.05) is 17.3 Å². The molecular formula is C20H24N2O2. The van der Waals surface area contributed by atoms with E-state index in [2.05, 4.69) is 10.5 Å². The van der Waals surface area contributed by atoms with Crippen LogP contribution in [0.5, 0.6) is 5.75 Å². The summed E-state index contributed by atoms with van der Waals surface area (Å²) in [7, 11) is 0. The molecule has 4 heteroatoms. The van der Waals surface area contributed by atoms with Crippen molar-refractivity contribution < 1.29 is 9.63 Å². The molecule has 0 saturated heterocycles. The Balaban J connectivity index is 1.30. The van der Waals surface area contributed by atoms with Crippen LogP contribution in [-0.2, 0) is 6.54 Å². The van der Waals surface area contributed by atoms with Gasteiger partial charge in [0.05, 0.1) is 11.3 Å². The normalized spacial score (nSPS) is 33.9. The highest BCUT2D eigenvalue weighted by molar-refractivity contribution is 5.65. The SMILES string of the molecule is Oc1ccccc1-c1cc(CNC23CC4CC(CC(C4)C2)C3)no1. The molecule has 4 nitrogen and oxygen atoms in total. The summed E-state index contributed by atoms with van der Waals surface area (Å²) < 4.78 is 5.45. The number of nitrogens with one attached hydrogen (secondary N) is 1. The van der Waals surface area contributed by atoms with E-state index in [0.717, 1.165) is 30.0 Å². The van der Waals surface area contributed by atoms with Crippen molar-refractivity contribution in [2.24, 2.45) is 17.8 Å². The van der Waals surface area contributed by atoms with Crippen LogP contribution in [0.15, 0.2) is 34.9 Å². The first-order valence-electron chi connectivity index (χ1n) is 9.18.